The number of hydrogen-bond donors (Lipinski definition) is 0. The zero-order valence-corrected chi connectivity index (χ0v) is 32.7. The first-order valence-electron chi connectivity index (χ1n) is 19.2. The molecule has 0 spiro atoms. The van der Waals surface area contributed by atoms with Crippen LogP contribution < -0.4 is 43.1 Å². The number of hydrogen-bond acceptors (Lipinski definition) is 2. The van der Waals surface area contributed by atoms with Crippen LogP contribution in [-0.4, -0.2) is 54.9 Å². The van der Waals surface area contributed by atoms with Gasteiger partial charge in [-0.1, -0.05) is 137 Å². The van der Waals surface area contributed by atoms with E-state index in [1.54, 1.807) is 0 Å². The minimum absolute atomic E-state index is 0.153. The summed E-state index contributed by atoms with van der Waals surface area (Å²) in [6.07, 6.45) is 0. The Labute approximate surface area is 357 Å². The lowest BCUT2D eigenvalue weighted by Gasteiger charge is -2.28. The lowest BCUT2D eigenvalue weighted by molar-refractivity contribution is 1.28. The lowest BCUT2D eigenvalue weighted by atomic mass is 9.59. The van der Waals surface area contributed by atoms with Gasteiger partial charge in [-0.05, 0) is 97.4 Å². The van der Waals surface area contributed by atoms with Crippen molar-refractivity contribution in [2.45, 2.75) is 0 Å². The van der Waals surface area contributed by atoms with Gasteiger partial charge in [-0.2, -0.15) is 0 Å². The van der Waals surface area contributed by atoms with Crippen LogP contribution in [0.25, 0.3) is 75.1 Å². The molecule has 0 unspecified atom stereocenters. The molecule has 9 heteroatoms. The van der Waals surface area contributed by atoms with E-state index in [9.17, 15) is 0 Å². The molecule has 14 radical (unpaired) electrons. The third kappa shape index (κ3) is 6.09. The molecular formula is C50H26B7NS. The van der Waals surface area contributed by atoms with E-state index >= 15 is 0 Å². The van der Waals surface area contributed by atoms with E-state index in [2.05, 4.69) is 150 Å². The standard InChI is InChI=1S/C50H26B7NS/c51-43-40(41-42(45(53)47(43)55)46(54)49(57)48(56)44(41)52)29-20-24-32(25-21-29)58(31-22-18-28(19-23-31)35-14-6-9-27-8-1-2-12-34(27)35)33-11-5-10-30(26-33)36-15-7-16-38-37-13-3-4-17-39(37)59-50(36)38/h1-26H. The van der Waals surface area contributed by atoms with Crippen LogP contribution in [0.5, 0.6) is 0 Å². The molecule has 10 rings (SSSR count). The second-order valence-electron chi connectivity index (χ2n) is 14.8. The van der Waals surface area contributed by atoms with Crippen molar-refractivity contribution in [3.05, 3.63) is 158 Å². The van der Waals surface area contributed by atoms with Crippen LogP contribution in [0, 0.1) is 0 Å². The molecule has 1 nitrogen and oxygen atoms in total. The van der Waals surface area contributed by atoms with Gasteiger partial charge in [-0.15, -0.1) is 27.7 Å². The maximum Gasteiger partial charge on any atom is 0.113 e. The van der Waals surface area contributed by atoms with Gasteiger partial charge in [0.25, 0.3) is 0 Å². The van der Waals surface area contributed by atoms with Gasteiger partial charge in [-0.3, -0.25) is 0 Å². The molecule has 258 valence electrons. The predicted octanol–water partition coefficient (Wildman–Crippen LogP) is 6.39. The Morgan fingerprint density at radius 2 is 0.898 bits per heavy atom. The Bertz CT molecular complexity index is 3290. The summed E-state index contributed by atoms with van der Waals surface area (Å²) >= 11 is 1.82. The summed E-state index contributed by atoms with van der Waals surface area (Å²) in [4.78, 5) is 2.26. The minimum Gasteiger partial charge on any atom is -0.310 e. The first-order chi connectivity index (χ1) is 28.7. The van der Waals surface area contributed by atoms with Gasteiger partial charge in [0, 0.05) is 37.2 Å². The molecule has 10 aromatic rings. The van der Waals surface area contributed by atoms with Gasteiger partial charge < -0.3 is 4.90 Å². The van der Waals surface area contributed by atoms with Gasteiger partial charge in [0.2, 0.25) is 0 Å². The SMILES string of the molecule is [B]c1c([B])c([B])c2c(-c3ccc(N(c4ccc(-c5cccc6ccccc56)cc4)c4cccc(-c5cccc6c5sc5ccccc56)c4)cc3)c([B])c([B])c([B])c2c1[B]. The molecule has 0 atom stereocenters. The monoisotopic (exact) mass is 749 g/mol. The molecule has 0 aliphatic heterocycles. The second-order valence-corrected chi connectivity index (χ2v) is 15.9. The van der Waals surface area contributed by atoms with Crippen molar-refractivity contribution in [1.29, 1.82) is 0 Å². The highest BCUT2D eigenvalue weighted by molar-refractivity contribution is 7.26. The highest BCUT2D eigenvalue weighted by atomic mass is 32.1. The lowest BCUT2D eigenvalue weighted by Crippen LogP contribution is -2.52. The summed E-state index contributed by atoms with van der Waals surface area (Å²) in [5, 5.41) is 5.87. The van der Waals surface area contributed by atoms with Crippen molar-refractivity contribution in [2.24, 2.45) is 0 Å². The molecule has 0 saturated heterocycles. The molecule has 0 bridgehead atoms. The third-order valence-corrected chi connectivity index (χ3v) is 12.7. The fraction of sp³-hybridized carbons (Fsp3) is 0. The fourth-order valence-electron chi connectivity index (χ4n) is 8.50. The zero-order chi connectivity index (χ0) is 40.5. The van der Waals surface area contributed by atoms with E-state index in [0.29, 0.717) is 16.3 Å². The first kappa shape index (κ1) is 37.3. The maximum absolute atomic E-state index is 6.72. The minimum atomic E-state index is 0.153. The molecule has 9 aromatic carbocycles. The highest BCUT2D eigenvalue weighted by Gasteiger charge is 2.20. The van der Waals surface area contributed by atoms with Crippen molar-refractivity contribution in [3.63, 3.8) is 0 Å². The van der Waals surface area contributed by atoms with E-state index in [-0.39, 0.29) is 38.2 Å². The fourth-order valence-corrected chi connectivity index (χ4v) is 9.73. The number of anilines is 3. The van der Waals surface area contributed by atoms with Crippen LogP contribution in [0.4, 0.5) is 17.1 Å². The van der Waals surface area contributed by atoms with Crippen molar-refractivity contribution >= 4 is 163 Å². The molecule has 0 N–H and O–H groups in total. The van der Waals surface area contributed by atoms with Gasteiger partial charge >= 0.3 is 0 Å². The van der Waals surface area contributed by atoms with Gasteiger partial charge in [0.05, 0.1) is 0 Å². The molecule has 0 saturated carbocycles. The summed E-state index contributed by atoms with van der Waals surface area (Å²) in [7, 11) is 45.4. The largest absolute Gasteiger partial charge is 0.310 e. The summed E-state index contributed by atoms with van der Waals surface area (Å²) in [5.74, 6) is 0. The van der Waals surface area contributed by atoms with Crippen LogP contribution in [0.15, 0.2) is 158 Å². The van der Waals surface area contributed by atoms with Crippen molar-refractivity contribution < 1.29 is 0 Å². The van der Waals surface area contributed by atoms with Crippen LogP contribution in [0.1, 0.15) is 0 Å². The predicted molar refractivity (Wildman–Crippen MR) is 263 cm³/mol. The Morgan fingerprint density at radius 1 is 0.356 bits per heavy atom. The smallest absolute Gasteiger partial charge is 0.113 e. The Balaban J connectivity index is 1.13. The molecule has 59 heavy (non-hydrogen) atoms. The zero-order valence-electron chi connectivity index (χ0n) is 31.9. The number of fused-ring (bicyclic) bond motifs is 5. The molecule has 0 aliphatic rings. The van der Waals surface area contributed by atoms with E-state index in [4.69, 9.17) is 54.9 Å². The van der Waals surface area contributed by atoms with Crippen LogP contribution in [0.3, 0.4) is 0 Å². The van der Waals surface area contributed by atoms with Crippen molar-refractivity contribution in [2.75, 3.05) is 4.90 Å². The van der Waals surface area contributed by atoms with E-state index in [1.807, 2.05) is 23.5 Å². The Kier molecular flexibility index (Phi) is 9.26. The molecule has 1 heterocycles. The Hall–Kier alpha value is -6.03. The molecule has 0 amide bonds. The number of benzene rings is 9. The highest BCUT2D eigenvalue weighted by Crippen LogP contribution is 2.43. The van der Waals surface area contributed by atoms with E-state index in [0.717, 1.165) is 33.8 Å². The number of thiophene rings is 1. The van der Waals surface area contributed by atoms with Gasteiger partial charge in [0.15, 0.2) is 0 Å². The molecule has 1 aromatic heterocycles. The number of nitrogens with zero attached hydrogens (tertiary/aromatic N) is 1. The van der Waals surface area contributed by atoms with Crippen molar-refractivity contribution in [3.8, 4) is 33.4 Å². The second kappa shape index (κ2) is 14.7. The molecular weight excluding hydrogens is 722 g/mol. The normalized spacial score (nSPS) is 11.5. The average Bonchev–Trinajstić information content (AvgIpc) is 3.66. The molecule has 0 aliphatic carbocycles. The molecule has 0 fully saturated rings. The third-order valence-electron chi connectivity index (χ3n) is 11.5. The number of rotatable bonds is 6. The average molecular weight is 749 g/mol. The van der Waals surface area contributed by atoms with Gasteiger partial charge in [-0.25, -0.2) is 0 Å². The summed E-state index contributed by atoms with van der Waals surface area (Å²) in [6, 6.07) is 55.6. The van der Waals surface area contributed by atoms with Crippen LogP contribution in [-0.2, 0) is 0 Å². The topological polar surface area (TPSA) is 3.24 Å². The summed E-state index contributed by atoms with van der Waals surface area (Å²) < 4.78 is 2.53. The summed E-state index contributed by atoms with van der Waals surface area (Å²) in [5.41, 5.74) is 10.3. The van der Waals surface area contributed by atoms with Crippen LogP contribution in [0.2, 0.25) is 0 Å². The quantitative estimate of drug-likeness (QED) is 0.179. The Morgan fingerprint density at radius 3 is 1.63 bits per heavy atom. The summed E-state index contributed by atoms with van der Waals surface area (Å²) in [6.45, 7) is 0. The van der Waals surface area contributed by atoms with E-state index < -0.39 is 0 Å². The maximum atomic E-state index is 6.72. The first-order valence-corrected chi connectivity index (χ1v) is 20.0. The van der Waals surface area contributed by atoms with Crippen LogP contribution >= 0.6 is 11.3 Å². The van der Waals surface area contributed by atoms with Crippen molar-refractivity contribution in [1.82, 2.24) is 0 Å². The van der Waals surface area contributed by atoms with E-state index in [1.165, 1.54) is 42.1 Å². The van der Waals surface area contributed by atoms with Gasteiger partial charge in [0.1, 0.15) is 54.9 Å².